The Morgan fingerprint density at radius 1 is 1.11 bits per heavy atom. The van der Waals surface area contributed by atoms with Gasteiger partial charge in [0.15, 0.2) is 0 Å². The van der Waals surface area contributed by atoms with Crippen LogP contribution in [0.4, 0.5) is 5.69 Å². The van der Waals surface area contributed by atoms with E-state index in [4.69, 9.17) is 9.47 Å². The van der Waals surface area contributed by atoms with Crippen molar-refractivity contribution in [3.8, 4) is 5.88 Å². The van der Waals surface area contributed by atoms with E-state index in [1.165, 1.54) is 10.8 Å². The summed E-state index contributed by atoms with van der Waals surface area (Å²) >= 11 is 0. The third-order valence-corrected chi connectivity index (χ3v) is 4.10. The van der Waals surface area contributed by atoms with Crippen molar-refractivity contribution in [2.45, 2.75) is 20.0 Å². The van der Waals surface area contributed by atoms with Gasteiger partial charge in [0.05, 0.1) is 29.5 Å². The van der Waals surface area contributed by atoms with Crippen molar-refractivity contribution >= 4 is 22.6 Å². The summed E-state index contributed by atoms with van der Waals surface area (Å²) in [6, 6.07) is 10.8. The van der Waals surface area contributed by atoms with Crippen LogP contribution in [0.1, 0.15) is 6.92 Å². The van der Waals surface area contributed by atoms with Gasteiger partial charge in [-0.25, -0.2) is 9.78 Å². The van der Waals surface area contributed by atoms with Gasteiger partial charge in [0.1, 0.15) is 13.2 Å². The molecule has 1 aromatic carbocycles. The first-order valence-electron chi connectivity index (χ1n) is 8.69. The second-order valence-corrected chi connectivity index (χ2v) is 5.88. The molecule has 0 unspecified atom stereocenters. The Morgan fingerprint density at radius 2 is 1.85 bits per heavy atom. The molecule has 0 radical (unpaired) electrons. The molecular weight excluding hydrogens is 348 g/mol. The lowest BCUT2D eigenvalue weighted by molar-refractivity contribution is -0.116. The van der Waals surface area contributed by atoms with Crippen molar-refractivity contribution in [3.63, 3.8) is 0 Å². The van der Waals surface area contributed by atoms with E-state index in [1.807, 2.05) is 31.2 Å². The highest BCUT2D eigenvalue weighted by molar-refractivity contribution is 5.91. The van der Waals surface area contributed by atoms with Crippen LogP contribution in [0.3, 0.4) is 0 Å². The summed E-state index contributed by atoms with van der Waals surface area (Å²) in [4.78, 5) is 29.1. The number of ether oxygens (including phenoxy) is 2. The van der Waals surface area contributed by atoms with Crippen LogP contribution in [0.25, 0.3) is 11.0 Å². The molecule has 3 aromatic rings. The first kappa shape index (κ1) is 18.7. The molecule has 1 amide bonds. The van der Waals surface area contributed by atoms with Gasteiger partial charge in [-0.05, 0) is 25.1 Å². The average Bonchev–Trinajstić information content (AvgIpc) is 2.94. The summed E-state index contributed by atoms with van der Waals surface area (Å²) in [6.45, 7) is 3.25. The fourth-order valence-corrected chi connectivity index (χ4v) is 2.84. The number of nitrogens with one attached hydrogen (secondary N) is 1. The third kappa shape index (κ3) is 4.17. The maximum Gasteiger partial charge on any atom is 0.329 e. The Kier molecular flexibility index (Phi) is 5.87. The molecule has 8 heteroatoms. The zero-order valence-electron chi connectivity index (χ0n) is 15.3. The highest BCUT2D eigenvalue weighted by Crippen LogP contribution is 2.14. The molecule has 0 spiro atoms. The molecule has 0 aliphatic heterocycles. The molecule has 8 nitrogen and oxygen atoms in total. The fourth-order valence-electron chi connectivity index (χ4n) is 2.84. The Labute approximate surface area is 156 Å². The highest BCUT2D eigenvalue weighted by Gasteiger charge is 2.14. The molecule has 0 saturated heterocycles. The van der Waals surface area contributed by atoms with Crippen LogP contribution in [0, 0.1) is 0 Å². The molecule has 142 valence electrons. The number of hydrogen-bond acceptors (Lipinski definition) is 5. The lowest BCUT2D eigenvalue weighted by Crippen LogP contribution is -2.29. The molecule has 2 aromatic heterocycles. The summed E-state index contributed by atoms with van der Waals surface area (Å²) in [5.74, 6) is 0.151. The van der Waals surface area contributed by atoms with E-state index in [9.17, 15) is 9.59 Å². The number of nitrogens with zero attached hydrogens (tertiary/aromatic N) is 3. The monoisotopic (exact) mass is 370 g/mol. The number of fused-ring (bicyclic) bond motifs is 1. The second-order valence-electron chi connectivity index (χ2n) is 5.88. The zero-order chi connectivity index (χ0) is 19.2. The minimum absolute atomic E-state index is 0.0710. The standard InChI is InChI=1S/C19H22N4O4/c1-3-22-15-6-4-5-7-16(15)23(19(22)25)13-17(24)21-14-8-9-18(20-12-14)27-11-10-26-2/h4-9,12H,3,10-11,13H2,1-2H3,(H,21,24). The normalized spacial score (nSPS) is 10.9. The molecule has 27 heavy (non-hydrogen) atoms. The van der Waals surface area contributed by atoms with Crippen LogP contribution in [0.15, 0.2) is 47.4 Å². The van der Waals surface area contributed by atoms with Crippen molar-refractivity contribution in [2.75, 3.05) is 25.6 Å². The zero-order valence-corrected chi connectivity index (χ0v) is 15.3. The van der Waals surface area contributed by atoms with E-state index < -0.39 is 0 Å². The van der Waals surface area contributed by atoms with Crippen LogP contribution < -0.4 is 15.7 Å². The smallest absolute Gasteiger partial charge is 0.329 e. The molecule has 0 atom stereocenters. The van der Waals surface area contributed by atoms with Crippen LogP contribution in [0.5, 0.6) is 5.88 Å². The quantitative estimate of drug-likeness (QED) is 0.612. The number of imidazole rings is 1. The summed E-state index contributed by atoms with van der Waals surface area (Å²) in [5, 5.41) is 2.75. The Balaban J connectivity index is 1.70. The van der Waals surface area contributed by atoms with Gasteiger partial charge in [0.25, 0.3) is 0 Å². The van der Waals surface area contributed by atoms with Gasteiger partial charge in [0, 0.05) is 19.7 Å². The molecule has 0 aliphatic carbocycles. The topological polar surface area (TPSA) is 87.4 Å². The number of aromatic nitrogens is 3. The molecule has 1 N–H and O–H groups in total. The van der Waals surface area contributed by atoms with Gasteiger partial charge in [-0.2, -0.15) is 0 Å². The largest absolute Gasteiger partial charge is 0.475 e. The number of pyridine rings is 1. The summed E-state index contributed by atoms with van der Waals surface area (Å²) in [5.41, 5.74) is 1.89. The number of methoxy groups -OCH3 is 1. The highest BCUT2D eigenvalue weighted by atomic mass is 16.5. The lowest BCUT2D eigenvalue weighted by Gasteiger charge is -2.08. The fraction of sp³-hybridized carbons (Fsp3) is 0.316. The summed E-state index contributed by atoms with van der Waals surface area (Å²) in [6.07, 6.45) is 1.51. The molecule has 2 heterocycles. The first-order chi connectivity index (χ1) is 13.1. The molecule has 0 bridgehead atoms. The van der Waals surface area contributed by atoms with E-state index in [-0.39, 0.29) is 18.1 Å². The first-order valence-corrected chi connectivity index (χ1v) is 8.69. The number of carbonyl (C=O) groups is 1. The predicted octanol–water partition coefficient (Wildman–Crippen LogP) is 1.88. The number of anilines is 1. The van der Waals surface area contributed by atoms with Gasteiger partial charge in [0.2, 0.25) is 11.8 Å². The van der Waals surface area contributed by atoms with Crippen LogP contribution in [-0.2, 0) is 22.6 Å². The minimum atomic E-state index is -0.300. The Morgan fingerprint density at radius 3 is 2.48 bits per heavy atom. The van der Waals surface area contributed by atoms with Crippen LogP contribution in [-0.4, -0.2) is 40.3 Å². The molecule has 0 fully saturated rings. The summed E-state index contributed by atoms with van der Waals surface area (Å²) in [7, 11) is 1.60. The number of rotatable bonds is 8. The third-order valence-electron chi connectivity index (χ3n) is 4.10. The number of benzene rings is 1. The SMILES string of the molecule is CCn1c(=O)n(CC(=O)Nc2ccc(OCCOC)nc2)c2ccccc21. The molecular formula is C19H22N4O4. The number of para-hydroxylation sites is 2. The van der Waals surface area contributed by atoms with Gasteiger partial charge in [-0.3, -0.25) is 13.9 Å². The van der Waals surface area contributed by atoms with Crippen molar-refractivity contribution in [1.82, 2.24) is 14.1 Å². The lowest BCUT2D eigenvalue weighted by atomic mass is 10.3. The molecule has 0 saturated carbocycles. The number of aryl methyl sites for hydroxylation is 1. The van der Waals surface area contributed by atoms with Gasteiger partial charge in [-0.15, -0.1) is 0 Å². The van der Waals surface area contributed by atoms with E-state index in [0.29, 0.717) is 31.3 Å². The Bertz CT molecular complexity index is 976. The van der Waals surface area contributed by atoms with Crippen molar-refractivity contribution in [3.05, 3.63) is 53.1 Å². The van der Waals surface area contributed by atoms with Gasteiger partial charge >= 0.3 is 5.69 Å². The van der Waals surface area contributed by atoms with Crippen molar-refractivity contribution in [2.24, 2.45) is 0 Å². The van der Waals surface area contributed by atoms with Crippen molar-refractivity contribution < 1.29 is 14.3 Å². The summed E-state index contributed by atoms with van der Waals surface area (Å²) < 4.78 is 13.4. The van der Waals surface area contributed by atoms with Crippen molar-refractivity contribution in [1.29, 1.82) is 0 Å². The van der Waals surface area contributed by atoms with Crippen LogP contribution >= 0.6 is 0 Å². The van der Waals surface area contributed by atoms with Gasteiger partial charge in [-0.1, -0.05) is 12.1 Å². The van der Waals surface area contributed by atoms with E-state index >= 15 is 0 Å². The average molecular weight is 370 g/mol. The Hall–Kier alpha value is -3.13. The van der Waals surface area contributed by atoms with E-state index in [0.717, 1.165) is 11.0 Å². The van der Waals surface area contributed by atoms with E-state index in [2.05, 4.69) is 10.3 Å². The van der Waals surface area contributed by atoms with Crippen LogP contribution in [0.2, 0.25) is 0 Å². The maximum absolute atomic E-state index is 12.6. The molecule has 0 aliphatic rings. The van der Waals surface area contributed by atoms with Gasteiger partial charge < -0.3 is 14.8 Å². The van der Waals surface area contributed by atoms with E-state index in [1.54, 1.807) is 23.8 Å². The number of carbonyl (C=O) groups excluding carboxylic acids is 1. The maximum atomic E-state index is 12.6. The number of amides is 1. The minimum Gasteiger partial charge on any atom is -0.475 e. The second kappa shape index (κ2) is 8.50. The predicted molar refractivity (Wildman–Crippen MR) is 102 cm³/mol. The molecule has 3 rings (SSSR count). The number of hydrogen-bond donors (Lipinski definition) is 1.